The molecule has 2 atom stereocenters. The molecular formula is C18H27N3S. The summed E-state index contributed by atoms with van der Waals surface area (Å²) in [6, 6.07) is 7.36. The minimum absolute atomic E-state index is 0.513. The van der Waals surface area contributed by atoms with Crippen molar-refractivity contribution in [3.05, 3.63) is 28.8 Å². The molecule has 0 unspecified atom stereocenters. The molecule has 120 valence electrons. The Labute approximate surface area is 137 Å². The molecule has 22 heavy (non-hydrogen) atoms. The predicted octanol–water partition coefficient (Wildman–Crippen LogP) is 3.85. The molecule has 0 bridgehead atoms. The molecular weight excluding hydrogens is 290 g/mol. The highest BCUT2D eigenvalue weighted by Crippen LogP contribution is 2.30. The van der Waals surface area contributed by atoms with E-state index in [1.54, 1.807) is 0 Å². The number of nitrogens with zero attached hydrogens (tertiary/aromatic N) is 2. The summed E-state index contributed by atoms with van der Waals surface area (Å²) in [6.07, 6.45) is 4.84. The average Bonchev–Trinajstić information content (AvgIpc) is 2.89. The van der Waals surface area contributed by atoms with Gasteiger partial charge in [0.05, 0.1) is 15.2 Å². The molecule has 1 fully saturated rings. The summed E-state index contributed by atoms with van der Waals surface area (Å²) >= 11 is 1.85. The van der Waals surface area contributed by atoms with Gasteiger partial charge in [-0.1, -0.05) is 13.0 Å². The van der Waals surface area contributed by atoms with Crippen molar-refractivity contribution in [1.29, 1.82) is 0 Å². The number of rotatable bonds is 5. The van der Waals surface area contributed by atoms with Crippen LogP contribution in [0.1, 0.15) is 42.8 Å². The molecule has 1 aliphatic rings. The number of nitrogens with one attached hydrogen (secondary N) is 1. The van der Waals surface area contributed by atoms with Gasteiger partial charge in [-0.15, -0.1) is 11.3 Å². The number of piperidine rings is 1. The van der Waals surface area contributed by atoms with Crippen molar-refractivity contribution in [3.63, 3.8) is 0 Å². The van der Waals surface area contributed by atoms with Gasteiger partial charge in [-0.05, 0) is 70.1 Å². The van der Waals surface area contributed by atoms with Gasteiger partial charge in [-0.3, -0.25) is 0 Å². The zero-order chi connectivity index (χ0) is 15.5. The van der Waals surface area contributed by atoms with Gasteiger partial charge in [0.1, 0.15) is 0 Å². The van der Waals surface area contributed by atoms with Gasteiger partial charge in [-0.25, -0.2) is 4.98 Å². The molecule has 4 heteroatoms. The average molecular weight is 318 g/mol. The van der Waals surface area contributed by atoms with E-state index in [1.807, 2.05) is 11.3 Å². The highest BCUT2D eigenvalue weighted by atomic mass is 32.1. The number of benzene rings is 1. The second-order valence-electron chi connectivity index (χ2n) is 6.88. The van der Waals surface area contributed by atoms with Crippen molar-refractivity contribution in [2.45, 2.75) is 38.6 Å². The van der Waals surface area contributed by atoms with Crippen LogP contribution in [-0.4, -0.2) is 37.1 Å². The van der Waals surface area contributed by atoms with Crippen molar-refractivity contribution >= 4 is 21.6 Å². The lowest BCUT2D eigenvalue weighted by atomic mass is 9.92. The second-order valence-corrected chi connectivity index (χ2v) is 8.00. The number of thiazole rings is 1. The molecule has 2 aromatic rings. The minimum atomic E-state index is 0.513. The normalized spacial score (nSPS) is 22.5. The Kier molecular flexibility index (Phi) is 5.11. The van der Waals surface area contributed by atoms with Gasteiger partial charge in [0, 0.05) is 12.5 Å². The lowest BCUT2D eigenvalue weighted by molar-refractivity contribution is 0.333. The lowest BCUT2D eigenvalue weighted by Gasteiger charge is -2.28. The van der Waals surface area contributed by atoms with Crippen molar-refractivity contribution < 1.29 is 0 Å². The van der Waals surface area contributed by atoms with Crippen LogP contribution in [0, 0.1) is 5.92 Å². The fourth-order valence-corrected chi connectivity index (χ4v) is 4.14. The van der Waals surface area contributed by atoms with Gasteiger partial charge in [-0.2, -0.15) is 0 Å². The molecule has 1 aromatic heterocycles. The summed E-state index contributed by atoms with van der Waals surface area (Å²) in [5.74, 6) is 0.808. The third-order valence-electron chi connectivity index (χ3n) is 4.52. The first-order valence-corrected chi connectivity index (χ1v) is 9.21. The molecule has 0 saturated carbocycles. The van der Waals surface area contributed by atoms with Crippen LogP contribution in [0.4, 0.5) is 0 Å². The molecule has 3 nitrogen and oxygen atoms in total. The van der Waals surface area contributed by atoms with Crippen LogP contribution in [-0.2, 0) is 6.42 Å². The Morgan fingerprint density at radius 1 is 1.32 bits per heavy atom. The van der Waals surface area contributed by atoms with Gasteiger partial charge in [0.2, 0.25) is 0 Å². The fourth-order valence-electron chi connectivity index (χ4n) is 3.15. The highest BCUT2D eigenvalue weighted by Gasteiger charge is 2.19. The van der Waals surface area contributed by atoms with Crippen LogP contribution in [0.2, 0.25) is 0 Å². The Morgan fingerprint density at radius 3 is 2.91 bits per heavy atom. The van der Waals surface area contributed by atoms with E-state index < -0.39 is 0 Å². The summed E-state index contributed by atoms with van der Waals surface area (Å²) in [5, 5.41) is 4.95. The summed E-state index contributed by atoms with van der Waals surface area (Å²) in [7, 11) is 4.26. The number of aryl methyl sites for hydroxylation is 1. The molecule has 1 aliphatic heterocycles. The molecule has 3 rings (SSSR count). The predicted molar refractivity (Wildman–Crippen MR) is 95.6 cm³/mol. The first-order valence-electron chi connectivity index (χ1n) is 8.39. The maximum absolute atomic E-state index is 4.85. The van der Waals surface area contributed by atoms with Crippen molar-refractivity contribution in [2.24, 2.45) is 5.92 Å². The summed E-state index contributed by atoms with van der Waals surface area (Å²) in [5.41, 5.74) is 2.59. The van der Waals surface area contributed by atoms with E-state index in [-0.39, 0.29) is 0 Å². The second kappa shape index (κ2) is 7.07. The number of aromatic nitrogens is 1. The monoisotopic (exact) mass is 317 g/mol. The van der Waals surface area contributed by atoms with Crippen LogP contribution in [0.3, 0.4) is 0 Å². The van der Waals surface area contributed by atoms with Crippen molar-refractivity contribution in [3.8, 4) is 0 Å². The summed E-state index contributed by atoms with van der Waals surface area (Å²) in [4.78, 5) is 7.09. The van der Waals surface area contributed by atoms with E-state index >= 15 is 0 Å². The summed E-state index contributed by atoms with van der Waals surface area (Å²) < 4.78 is 1.33. The van der Waals surface area contributed by atoms with E-state index in [0.29, 0.717) is 6.04 Å². The smallest absolute Gasteiger partial charge is 0.0939 e. The lowest BCUT2D eigenvalue weighted by Crippen LogP contribution is -2.31. The number of fused-ring (bicyclic) bond motifs is 1. The Balaban J connectivity index is 1.70. The van der Waals surface area contributed by atoms with E-state index in [2.05, 4.69) is 49.4 Å². The standard InChI is InChI=1S/C18H27N3S/c1-13-6-8-15(19-12-13)14-7-9-17-16(11-14)20-18(22-17)5-4-10-21(2)3/h7,9,11,13,15,19H,4-6,8,10,12H2,1-3H3/t13-,15+/m1/s1. The molecule has 1 N–H and O–H groups in total. The molecule has 0 aliphatic carbocycles. The van der Waals surface area contributed by atoms with Gasteiger partial charge >= 0.3 is 0 Å². The largest absolute Gasteiger partial charge is 0.310 e. The molecule has 0 radical (unpaired) electrons. The van der Waals surface area contributed by atoms with Crippen LogP contribution >= 0.6 is 11.3 Å². The Morgan fingerprint density at radius 2 is 2.18 bits per heavy atom. The zero-order valence-electron chi connectivity index (χ0n) is 13.9. The van der Waals surface area contributed by atoms with Crippen LogP contribution < -0.4 is 5.32 Å². The SMILES string of the molecule is C[C@@H]1CC[C@@H](c2ccc3sc(CCCN(C)C)nc3c2)NC1. The zero-order valence-corrected chi connectivity index (χ0v) is 14.7. The maximum Gasteiger partial charge on any atom is 0.0939 e. The number of hydrogen-bond donors (Lipinski definition) is 1. The molecule has 0 spiro atoms. The quantitative estimate of drug-likeness (QED) is 0.908. The Hall–Kier alpha value is -0.970. The van der Waals surface area contributed by atoms with Crippen molar-refractivity contribution in [2.75, 3.05) is 27.2 Å². The first-order chi connectivity index (χ1) is 10.6. The van der Waals surface area contributed by atoms with Gasteiger partial charge in [0.15, 0.2) is 0 Å². The molecule has 1 saturated heterocycles. The van der Waals surface area contributed by atoms with E-state index in [9.17, 15) is 0 Å². The molecule has 2 heterocycles. The van der Waals surface area contributed by atoms with Crippen LogP contribution in [0.5, 0.6) is 0 Å². The first kappa shape index (κ1) is 15.9. The molecule has 1 aromatic carbocycles. The highest BCUT2D eigenvalue weighted by molar-refractivity contribution is 7.18. The third kappa shape index (κ3) is 3.86. The van der Waals surface area contributed by atoms with Crippen molar-refractivity contribution in [1.82, 2.24) is 15.2 Å². The maximum atomic E-state index is 4.85. The van der Waals surface area contributed by atoms with E-state index in [4.69, 9.17) is 4.98 Å². The number of hydrogen-bond acceptors (Lipinski definition) is 4. The Bertz CT molecular complexity index is 612. The van der Waals surface area contributed by atoms with Crippen LogP contribution in [0.25, 0.3) is 10.2 Å². The minimum Gasteiger partial charge on any atom is -0.310 e. The topological polar surface area (TPSA) is 28.2 Å². The summed E-state index contributed by atoms with van der Waals surface area (Å²) in [6.45, 7) is 4.59. The third-order valence-corrected chi connectivity index (χ3v) is 5.61. The molecule has 0 amide bonds. The van der Waals surface area contributed by atoms with Gasteiger partial charge < -0.3 is 10.2 Å². The van der Waals surface area contributed by atoms with Crippen LogP contribution in [0.15, 0.2) is 18.2 Å². The van der Waals surface area contributed by atoms with E-state index in [1.165, 1.54) is 40.1 Å². The fraction of sp³-hybridized carbons (Fsp3) is 0.611. The van der Waals surface area contributed by atoms with E-state index in [0.717, 1.165) is 25.4 Å². The van der Waals surface area contributed by atoms with Gasteiger partial charge in [0.25, 0.3) is 0 Å².